The van der Waals surface area contributed by atoms with Crippen molar-refractivity contribution in [2.24, 2.45) is 0 Å². The van der Waals surface area contributed by atoms with E-state index < -0.39 is 10.0 Å². The molecule has 3 aromatic rings. The lowest BCUT2D eigenvalue weighted by Gasteiger charge is -2.26. The highest BCUT2D eigenvalue weighted by molar-refractivity contribution is 7.92. The first-order valence-corrected chi connectivity index (χ1v) is 13.1. The summed E-state index contributed by atoms with van der Waals surface area (Å²) >= 11 is 0. The number of rotatable bonds is 10. The smallest absolute Gasteiger partial charge is 0.232 e. The number of anilines is 1. The molecule has 0 aliphatic carbocycles. The van der Waals surface area contributed by atoms with Crippen LogP contribution in [0.2, 0.25) is 0 Å². The minimum atomic E-state index is -3.51. The second kappa shape index (κ2) is 9.84. The van der Waals surface area contributed by atoms with Crippen molar-refractivity contribution in [3.05, 3.63) is 84.2 Å². The molecule has 34 heavy (non-hydrogen) atoms. The zero-order valence-electron chi connectivity index (χ0n) is 19.9. The largest absolute Gasteiger partial charge is 0.383 e. The molecule has 1 fully saturated rings. The van der Waals surface area contributed by atoms with E-state index in [0.29, 0.717) is 5.69 Å². The zero-order chi connectivity index (χ0) is 24.3. The summed E-state index contributed by atoms with van der Waals surface area (Å²) in [6.07, 6.45) is 4.27. The number of epoxide rings is 1. The van der Waals surface area contributed by atoms with Gasteiger partial charge in [0.25, 0.3) is 0 Å². The van der Waals surface area contributed by atoms with Gasteiger partial charge < -0.3 is 9.47 Å². The fourth-order valence-electron chi connectivity index (χ4n) is 4.12. The van der Waals surface area contributed by atoms with Crippen LogP contribution in [-0.4, -0.2) is 46.1 Å². The van der Waals surface area contributed by atoms with E-state index in [1.54, 1.807) is 19.5 Å². The van der Waals surface area contributed by atoms with Crippen LogP contribution in [0, 0.1) is 0 Å². The lowest BCUT2D eigenvalue weighted by Crippen LogP contribution is -2.38. The molecule has 0 saturated carbocycles. The Hall–Kier alpha value is -2.78. The number of nitrogens with zero attached hydrogens (tertiary/aromatic N) is 2. The van der Waals surface area contributed by atoms with Gasteiger partial charge >= 0.3 is 0 Å². The molecular formula is C26H31N3O4S. The van der Waals surface area contributed by atoms with Crippen LogP contribution in [-0.2, 0) is 25.0 Å². The zero-order valence-corrected chi connectivity index (χ0v) is 20.7. The Morgan fingerprint density at radius 3 is 2.59 bits per heavy atom. The maximum Gasteiger partial charge on any atom is 0.232 e. The van der Waals surface area contributed by atoms with E-state index in [0.717, 1.165) is 16.7 Å². The minimum Gasteiger partial charge on any atom is -0.383 e. The van der Waals surface area contributed by atoms with Gasteiger partial charge in [-0.1, -0.05) is 48.5 Å². The molecule has 1 aromatic heterocycles. The molecule has 2 atom stereocenters. The van der Waals surface area contributed by atoms with E-state index in [4.69, 9.17) is 9.47 Å². The molecular weight excluding hydrogens is 450 g/mol. The van der Waals surface area contributed by atoms with Gasteiger partial charge in [-0.15, -0.1) is 0 Å². The first-order valence-electron chi connectivity index (χ1n) is 11.2. The van der Waals surface area contributed by atoms with E-state index in [1.807, 2.05) is 42.5 Å². The van der Waals surface area contributed by atoms with Gasteiger partial charge in [0, 0.05) is 24.4 Å². The Labute approximate surface area is 201 Å². The fourth-order valence-corrected chi connectivity index (χ4v) is 5.03. The lowest BCUT2D eigenvalue weighted by molar-refractivity contribution is 0.208. The van der Waals surface area contributed by atoms with E-state index in [2.05, 4.69) is 42.3 Å². The molecule has 7 nitrogen and oxygen atoms in total. The molecule has 2 aromatic carbocycles. The highest BCUT2D eigenvalue weighted by Crippen LogP contribution is 2.41. The number of hydrogen-bond acceptors (Lipinski definition) is 6. The SMILES string of the molecule is COCCN(c1cnccc1-c1cccc(C2OC2NC(C)(C)c2ccccc2)c1)S(C)(=O)=O. The minimum absolute atomic E-state index is 0.0762. The first kappa shape index (κ1) is 24.3. The molecule has 1 saturated heterocycles. The maximum atomic E-state index is 12.5. The molecule has 1 aliphatic rings. The van der Waals surface area contributed by atoms with Gasteiger partial charge in [-0.2, -0.15) is 0 Å². The number of methoxy groups -OCH3 is 1. The van der Waals surface area contributed by atoms with Crippen LogP contribution >= 0.6 is 0 Å². The summed E-state index contributed by atoms with van der Waals surface area (Å²) in [7, 11) is -1.96. The van der Waals surface area contributed by atoms with Crippen molar-refractivity contribution < 1.29 is 17.9 Å². The molecule has 180 valence electrons. The normalized spacial score (nSPS) is 18.0. The average Bonchev–Trinajstić information content (AvgIpc) is 3.58. The first-order chi connectivity index (χ1) is 16.2. The van der Waals surface area contributed by atoms with Gasteiger partial charge in [0.2, 0.25) is 10.0 Å². The molecule has 2 heterocycles. The van der Waals surface area contributed by atoms with E-state index in [1.165, 1.54) is 16.1 Å². The van der Waals surface area contributed by atoms with Crippen LogP contribution in [0.25, 0.3) is 11.1 Å². The Bertz CT molecular complexity index is 1230. The van der Waals surface area contributed by atoms with Crippen LogP contribution < -0.4 is 9.62 Å². The van der Waals surface area contributed by atoms with Crippen molar-refractivity contribution in [2.75, 3.05) is 30.8 Å². The Morgan fingerprint density at radius 1 is 1.12 bits per heavy atom. The van der Waals surface area contributed by atoms with Crippen molar-refractivity contribution in [1.82, 2.24) is 10.3 Å². The summed E-state index contributed by atoms with van der Waals surface area (Å²) in [6.45, 7) is 4.77. The van der Waals surface area contributed by atoms with Gasteiger partial charge in [0.15, 0.2) is 0 Å². The van der Waals surface area contributed by atoms with Crippen LogP contribution in [0.3, 0.4) is 0 Å². The maximum absolute atomic E-state index is 12.5. The second-order valence-electron chi connectivity index (χ2n) is 8.96. The van der Waals surface area contributed by atoms with Crippen LogP contribution in [0.4, 0.5) is 5.69 Å². The number of nitrogens with one attached hydrogen (secondary N) is 1. The Morgan fingerprint density at radius 2 is 1.88 bits per heavy atom. The monoisotopic (exact) mass is 481 g/mol. The van der Waals surface area contributed by atoms with Crippen molar-refractivity contribution >= 4 is 15.7 Å². The number of pyridine rings is 1. The third kappa shape index (κ3) is 5.47. The number of hydrogen-bond donors (Lipinski definition) is 1. The third-order valence-corrected chi connectivity index (χ3v) is 7.16. The molecule has 0 radical (unpaired) electrons. The lowest BCUT2D eigenvalue weighted by atomic mass is 9.94. The predicted octanol–water partition coefficient (Wildman–Crippen LogP) is 4.08. The molecule has 0 spiro atoms. The fraction of sp³-hybridized carbons (Fsp3) is 0.346. The summed E-state index contributed by atoms with van der Waals surface area (Å²) < 4.78 is 37.5. The van der Waals surface area contributed by atoms with E-state index in [9.17, 15) is 8.42 Å². The molecule has 1 N–H and O–H groups in total. The van der Waals surface area contributed by atoms with E-state index in [-0.39, 0.29) is 31.0 Å². The summed E-state index contributed by atoms with van der Waals surface area (Å²) in [5.74, 6) is 0. The quantitative estimate of drug-likeness (QED) is 0.439. The Balaban J connectivity index is 1.58. The van der Waals surface area contributed by atoms with Crippen LogP contribution in [0.5, 0.6) is 0 Å². The molecule has 4 rings (SSSR count). The molecule has 0 amide bonds. The van der Waals surface area contributed by atoms with Crippen LogP contribution in [0.15, 0.2) is 73.1 Å². The topological polar surface area (TPSA) is 84.1 Å². The highest BCUT2D eigenvalue weighted by atomic mass is 32.2. The summed E-state index contributed by atoms with van der Waals surface area (Å²) in [4.78, 5) is 4.18. The summed E-state index contributed by atoms with van der Waals surface area (Å²) in [6, 6.07) is 20.1. The van der Waals surface area contributed by atoms with Gasteiger partial charge in [0.1, 0.15) is 12.3 Å². The average molecular weight is 482 g/mol. The van der Waals surface area contributed by atoms with Crippen molar-refractivity contribution in [3.63, 3.8) is 0 Å². The van der Waals surface area contributed by atoms with Crippen LogP contribution in [0.1, 0.15) is 31.1 Å². The molecule has 2 unspecified atom stereocenters. The second-order valence-corrected chi connectivity index (χ2v) is 10.9. The number of aromatic nitrogens is 1. The van der Waals surface area contributed by atoms with Gasteiger partial charge in [-0.3, -0.25) is 14.6 Å². The molecule has 1 aliphatic heterocycles. The number of sulfonamides is 1. The van der Waals surface area contributed by atoms with E-state index >= 15 is 0 Å². The van der Waals surface area contributed by atoms with Gasteiger partial charge in [-0.05, 0) is 42.7 Å². The summed E-state index contributed by atoms with van der Waals surface area (Å²) in [5, 5.41) is 3.59. The van der Waals surface area contributed by atoms with Crippen molar-refractivity contribution in [1.29, 1.82) is 0 Å². The number of ether oxygens (including phenoxy) is 2. The Kier molecular flexibility index (Phi) is 7.04. The number of benzene rings is 2. The highest BCUT2D eigenvalue weighted by Gasteiger charge is 2.43. The van der Waals surface area contributed by atoms with Crippen molar-refractivity contribution in [2.45, 2.75) is 31.7 Å². The molecule has 8 heteroatoms. The van der Waals surface area contributed by atoms with Gasteiger partial charge in [-0.25, -0.2) is 8.42 Å². The molecule has 0 bridgehead atoms. The standard InChI is InChI=1S/C26H31N3O4S/c1-26(2,21-11-6-5-7-12-21)28-25-24(33-25)20-10-8-9-19(17-20)22-13-14-27-18-23(22)29(15-16-32-3)34(4,30)31/h5-14,17-18,24-25,28H,15-16H2,1-4H3. The predicted molar refractivity (Wildman–Crippen MR) is 134 cm³/mol. The summed E-state index contributed by atoms with van der Waals surface area (Å²) in [5.41, 5.74) is 4.19. The third-order valence-electron chi connectivity index (χ3n) is 5.98. The van der Waals surface area contributed by atoms with Crippen molar-refractivity contribution in [3.8, 4) is 11.1 Å². The van der Waals surface area contributed by atoms with Gasteiger partial charge in [0.05, 0.1) is 31.3 Å².